The molecule has 6 rings (SSSR count). The predicted octanol–water partition coefficient (Wildman–Crippen LogP) is 5.84. The van der Waals surface area contributed by atoms with Crippen molar-refractivity contribution in [1.82, 2.24) is 19.8 Å². The molecule has 2 aliphatic carbocycles. The van der Waals surface area contributed by atoms with Crippen molar-refractivity contribution in [2.45, 2.75) is 70.1 Å². The first-order chi connectivity index (χ1) is 19.5. The van der Waals surface area contributed by atoms with Crippen LogP contribution >= 0.6 is 11.6 Å². The minimum atomic E-state index is -0.181. The topological polar surface area (TPSA) is 76.5 Å². The van der Waals surface area contributed by atoms with E-state index in [2.05, 4.69) is 20.9 Å². The van der Waals surface area contributed by atoms with Crippen LogP contribution in [0.15, 0.2) is 61.2 Å². The zero-order valence-corrected chi connectivity index (χ0v) is 23.6. The van der Waals surface area contributed by atoms with Gasteiger partial charge in [0.05, 0.1) is 35.7 Å². The fourth-order valence-corrected chi connectivity index (χ4v) is 6.97. The van der Waals surface area contributed by atoms with Crippen LogP contribution in [0, 0.1) is 5.41 Å². The van der Waals surface area contributed by atoms with Gasteiger partial charge in [0.1, 0.15) is 0 Å². The first-order valence-electron chi connectivity index (χ1n) is 14.5. The molecule has 1 atom stereocenters. The van der Waals surface area contributed by atoms with Crippen LogP contribution in [0.1, 0.15) is 82.8 Å². The summed E-state index contributed by atoms with van der Waals surface area (Å²) in [6.07, 6.45) is 14.3. The van der Waals surface area contributed by atoms with Crippen LogP contribution in [0.5, 0.6) is 0 Å². The zero-order chi connectivity index (χ0) is 27.5. The lowest BCUT2D eigenvalue weighted by Crippen LogP contribution is -2.45. The van der Waals surface area contributed by atoms with Crippen molar-refractivity contribution in [2.75, 3.05) is 19.7 Å². The van der Waals surface area contributed by atoms with E-state index in [1.807, 2.05) is 41.7 Å². The number of hydrogen-bond donors (Lipinski definition) is 1. The molecule has 1 aliphatic heterocycles. The van der Waals surface area contributed by atoms with Gasteiger partial charge in [0.25, 0.3) is 11.8 Å². The number of fused-ring (bicyclic) bond motifs is 1. The Bertz CT molecular complexity index is 1340. The lowest BCUT2D eigenvalue weighted by atomic mass is 9.67. The van der Waals surface area contributed by atoms with E-state index >= 15 is 0 Å². The number of carbonyl (C=O) groups is 2. The van der Waals surface area contributed by atoms with Gasteiger partial charge in [0.15, 0.2) is 0 Å². The maximum atomic E-state index is 13.5. The van der Waals surface area contributed by atoms with Crippen molar-refractivity contribution in [2.24, 2.45) is 5.41 Å². The summed E-state index contributed by atoms with van der Waals surface area (Å²) >= 11 is 6.24. The Morgan fingerprint density at radius 2 is 1.85 bits per heavy atom. The smallest absolute Gasteiger partial charge is 0.253 e. The van der Waals surface area contributed by atoms with Crippen LogP contribution in [0.4, 0.5) is 0 Å². The lowest BCUT2D eigenvalue weighted by Gasteiger charge is -2.46. The fourth-order valence-electron chi connectivity index (χ4n) is 6.75. The number of likely N-dealkylation sites (tertiary alicyclic amines) is 1. The number of rotatable bonds is 7. The summed E-state index contributed by atoms with van der Waals surface area (Å²) in [5.41, 5.74) is 3.77. The van der Waals surface area contributed by atoms with E-state index in [1.54, 1.807) is 18.3 Å². The molecular formula is C32H37ClN4O3. The number of imidazole rings is 1. The maximum Gasteiger partial charge on any atom is 0.253 e. The highest BCUT2D eigenvalue weighted by atomic mass is 35.5. The first kappa shape index (κ1) is 27.0. The molecule has 0 bridgehead atoms. The molecule has 1 N–H and O–H groups in total. The number of aryl methyl sites for hydroxylation is 1. The number of hydrogen-bond acceptors (Lipinski definition) is 4. The van der Waals surface area contributed by atoms with Crippen LogP contribution in [0.25, 0.3) is 0 Å². The van der Waals surface area contributed by atoms with Crippen molar-refractivity contribution < 1.29 is 14.3 Å². The number of amides is 2. The molecule has 3 aromatic rings. The van der Waals surface area contributed by atoms with Crippen molar-refractivity contribution in [3.05, 3.63) is 88.5 Å². The Labute approximate surface area is 240 Å². The lowest BCUT2D eigenvalue weighted by molar-refractivity contribution is -0.0236. The van der Waals surface area contributed by atoms with Gasteiger partial charge in [-0.15, -0.1) is 0 Å². The molecule has 3 aliphatic rings. The van der Waals surface area contributed by atoms with E-state index in [9.17, 15) is 9.59 Å². The van der Waals surface area contributed by atoms with E-state index in [0.29, 0.717) is 27.7 Å². The average molecular weight is 561 g/mol. The van der Waals surface area contributed by atoms with Crippen LogP contribution in [-0.4, -0.2) is 52.1 Å². The molecular weight excluding hydrogens is 524 g/mol. The Morgan fingerprint density at radius 1 is 1.05 bits per heavy atom. The number of aromatic nitrogens is 2. The van der Waals surface area contributed by atoms with Crippen molar-refractivity contribution in [1.29, 1.82) is 0 Å². The molecule has 0 unspecified atom stereocenters. The minimum absolute atomic E-state index is 0.0947. The summed E-state index contributed by atoms with van der Waals surface area (Å²) in [4.78, 5) is 32.5. The number of nitrogens with one attached hydrogen (secondary N) is 1. The molecule has 2 fully saturated rings. The molecule has 2 heterocycles. The fraction of sp³-hybridized carbons (Fsp3) is 0.469. The molecule has 1 saturated heterocycles. The molecule has 0 radical (unpaired) electrons. The van der Waals surface area contributed by atoms with E-state index in [4.69, 9.17) is 16.3 Å². The van der Waals surface area contributed by atoms with Gasteiger partial charge in [0, 0.05) is 37.6 Å². The van der Waals surface area contributed by atoms with Crippen LogP contribution in [-0.2, 0) is 17.7 Å². The summed E-state index contributed by atoms with van der Waals surface area (Å²) in [6, 6.07) is 13.0. The van der Waals surface area contributed by atoms with Crippen molar-refractivity contribution in [3.8, 4) is 0 Å². The predicted molar refractivity (Wildman–Crippen MR) is 154 cm³/mol. The molecule has 8 heteroatoms. The largest absolute Gasteiger partial charge is 0.376 e. The van der Waals surface area contributed by atoms with Gasteiger partial charge in [-0.3, -0.25) is 9.59 Å². The van der Waals surface area contributed by atoms with E-state index in [-0.39, 0.29) is 17.9 Å². The summed E-state index contributed by atoms with van der Waals surface area (Å²) in [6.45, 7) is 3.17. The van der Waals surface area contributed by atoms with Crippen molar-refractivity contribution in [3.63, 3.8) is 0 Å². The zero-order valence-electron chi connectivity index (χ0n) is 22.9. The Hall–Kier alpha value is -3.16. The number of nitrogens with zero attached hydrogens (tertiary/aromatic N) is 3. The Balaban J connectivity index is 1.01. The van der Waals surface area contributed by atoms with E-state index in [1.165, 1.54) is 18.4 Å². The Kier molecular flexibility index (Phi) is 7.94. The Morgan fingerprint density at radius 3 is 2.60 bits per heavy atom. The van der Waals surface area contributed by atoms with E-state index in [0.717, 1.165) is 70.3 Å². The highest BCUT2D eigenvalue weighted by Gasteiger charge is 2.39. The van der Waals surface area contributed by atoms with Gasteiger partial charge in [0.2, 0.25) is 0 Å². The summed E-state index contributed by atoms with van der Waals surface area (Å²) in [5, 5.41) is 3.58. The number of halogens is 1. The molecule has 1 spiro atoms. The number of piperidine rings is 1. The monoisotopic (exact) mass is 560 g/mol. The van der Waals surface area contributed by atoms with Crippen LogP contribution in [0.3, 0.4) is 0 Å². The van der Waals surface area contributed by atoms with Gasteiger partial charge >= 0.3 is 0 Å². The standard InChI is InChI=1S/C32H37ClN4O3/c33-28-4-2-1-3-26(28)30(38)35-29-8-7-23-5-6-24(21-27(23)29)31(39)37-16-13-32(14-17-37)11-9-25(10-12-32)40-20-19-36-18-15-34-22-36/h1-6,15,18,21-22,25,29H,7-14,16-17,19-20H2,(H,35,38)/t29-/m1/s1. The van der Waals surface area contributed by atoms with Gasteiger partial charge in [-0.25, -0.2) is 4.98 Å². The minimum Gasteiger partial charge on any atom is -0.376 e. The number of benzene rings is 2. The highest BCUT2D eigenvalue weighted by molar-refractivity contribution is 6.33. The molecule has 1 saturated carbocycles. The third-order valence-electron chi connectivity index (χ3n) is 9.26. The first-order valence-corrected chi connectivity index (χ1v) is 14.9. The molecule has 7 nitrogen and oxygen atoms in total. The van der Waals surface area contributed by atoms with Gasteiger partial charge in [-0.2, -0.15) is 0 Å². The van der Waals surface area contributed by atoms with Gasteiger partial charge in [-0.1, -0.05) is 29.8 Å². The highest BCUT2D eigenvalue weighted by Crippen LogP contribution is 2.45. The quantitative estimate of drug-likeness (QED) is 0.394. The van der Waals surface area contributed by atoms with Gasteiger partial charge < -0.3 is 19.5 Å². The third kappa shape index (κ3) is 5.81. The molecule has 2 amide bonds. The molecule has 1 aromatic heterocycles. The third-order valence-corrected chi connectivity index (χ3v) is 9.59. The average Bonchev–Trinajstić information content (AvgIpc) is 3.64. The summed E-state index contributed by atoms with van der Waals surface area (Å²) in [7, 11) is 0. The summed E-state index contributed by atoms with van der Waals surface area (Å²) < 4.78 is 8.21. The molecule has 40 heavy (non-hydrogen) atoms. The van der Waals surface area contributed by atoms with Crippen LogP contribution in [0.2, 0.25) is 5.02 Å². The second kappa shape index (κ2) is 11.8. The second-order valence-corrected chi connectivity index (χ2v) is 12.0. The normalized spacial score (nSPS) is 20.4. The number of ether oxygens (including phenoxy) is 1. The second-order valence-electron chi connectivity index (χ2n) is 11.6. The molecule has 2 aromatic carbocycles. The maximum absolute atomic E-state index is 13.5. The SMILES string of the molecule is O=C(N[C@@H]1CCc2ccc(C(=O)N3CCC4(CCC(OCCn5ccnc5)CC4)CC3)cc21)c1ccccc1Cl. The number of carbonyl (C=O) groups excluding carboxylic acids is 2. The van der Waals surface area contributed by atoms with Gasteiger partial charge in [-0.05, 0) is 92.2 Å². The van der Waals surface area contributed by atoms with E-state index < -0.39 is 0 Å². The molecule has 210 valence electrons. The summed E-state index contributed by atoms with van der Waals surface area (Å²) in [5.74, 6) is -0.0860. The van der Waals surface area contributed by atoms with Crippen LogP contribution < -0.4 is 5.32 Å². The van der Waals surface area contributed by atoms with Crippen molar-refractivity contribution >= 4 is 23.4 Å².